The van der Waals surface area contributed by atoms with E-state index in [0.717, 1.165) is 0 Å². The number of benzene rings is 2. The molecule has 0 spiro atoms. The van der Waals surface area contributed by atoms with Crippen LogP contribution in [-0.4, -0.2) is 37.7 Å². The van der Waals surface area contributed by atoms with Gasteiger partial charge >= 0.3 is 5.97 Å². The number of ether oxygens (including phenoxy) is 3. The molecule has 0 aromatic heterocycles. The van der Waals surface area contributed by atoms with Crippen LogP contribution in [-0.2, 0) is 9.53 Å². The van der Waals surface area contributed by atoms with Gasteiger partial charge in [-0.1, -0.05) is 6.07 Å². The SMILES string of the molecule is COc1ccc(C(=O)COC(=O)C=Cc2ccc(O)c(OC)c2)cc1. The third-order valence-electron chi connectivity index (χ3n) is 3.37. The van der Waals surface area contributed by atoms with Gasteiger partial charge in [-0.05, 0) is 48.0 Å². The van der Waals surface area contributed by atoms with Gasteiger partial charge in [0.2, 0.25) is 0 Å². The average Bonchev–Trinajstić information content (AvgIpc) is 2.65. The van der Waals surface area contributed by atoms with Gasteiger partial charge in [-0.15, -0.1) is 0 Å². The van der Waals surface area contributed by atoms with Crippen molar-refractivity contribution in [2.45, 2.75) is 0 Å². The van der Waals surface area contributed by atoms with Crippen molar-refractivity contribution in [2.24, 2.45) is 0 Å². The lowest BCUT2D eigenvalue weighted by molar-refractivity contribution is -0.136. The molecule has 0 unspecified atom stereocenters. The van der Waals surface area contributed by atoms with Gasteiger partial charge in [-0.3, -0.25) is 4.79 Å². The second-order valence-electron chi connectivity index (χ2n) is 5.02. The second-order valence-corrected chi connectivity index (χ2v) is 5.02. The Labute approximate surface area is 145 Å². The molecule has 0 radical (unpaired) electrons. The summed E-state index contributed by atoms with van der Waals surface area (Å²) in [6, 6.07) is 11.2. The summed E-state index contributed by atoms with van der Waals surface area (Å²) in [5.74, 6) is -0.0112. The molecule has 6 heteroatoms. The molecular weight excluding hydrogens is 324 g/mol. The summed E-state index contributed by atoms with van der Waals surface area (Å²) in [7, 11) is 2.97. The quantitative estimate of drug-likeness (QED) is 0.473. The lowest BCUT2D eigenvalue weighted by Crippen LogP contribution is -2.12. The van der Waals surface area contributed by atoms with Crippen LogP contribution in [0.15, 0.2) is 48.5 Å². The molecule has 2 aromatic carbocycles. The highest BCUT2D eigenvalue weighted by Gasteiger charge is 2.09. The van der Waals surface area contributed by atoms with Crippen LogP contribution in [0.25, 0.3) is 6.08 Å². The van der Waals surface area contributed by atoms with Gasteiger partial charge in [-0.25, -0.2) is 4.79 Å². The summed E-state index contributed by atoms with van der Waals surface area (Å²) < 4.78 is 14.9. The van der Waals surface area contributed by atoms with Crippen LogP contribution in [0.4, 0.5) is 0 Å². The number of carbonyl (C=O) groups is 2. The Bertz CT molecular complexity index is 777. The Hall–Kier alpha value is -3.28. The number of phenolic OH excluding ortho intramolecular Hbond substituents is 1. The minimum Gasteiger partial charge on any atom is -0.504 e. The monoisotopic (exact) mass is 342 g/mol. The van der Waals surface area contributed by atoms with Gasteiger partial charge in [0.1, 0.15) is 5.75 Å². The molecule has 0 heterocycles. The first-order chi connectivity index (χ1) is 12.0. The van der Waals surface area contributed by atoms with Gasteiger partial charge in [0, 0.05) is 11.6 Å². The molecule has 0 fully saturated rings. The molecule has 0 saturated carbocycles. The maximum atomic E-state index is 12.0. The minimum atomic E-state index is -0.645. The molecule has 2 aromatic rings. The molecule has 1 N–H and O–H groups in total. The molecule has 0 aliphatic rings. The third-order valence-corrected chi connectivity index (χ3v) is 3.37. The van der Waals surface area contributed by atoms with Crippen LogP contribution in [0, 0.1) is 0 Å². The average molecular weight is 342 g/mol. The van der Waals surface area contributed by atoms with Crippen LogP contribution >= 0.6 is 0 Å². The van der Waals surface area contributed by atoms with E-state index >= 15 is 0 Å². The van der Waals surface area contributed by atoms with Gasteiger partial charge in [0.25, 0.3) is 0 Å². The second kappa shape index (κ2) is 8.54. The number of Topliss-reactive ketones (excluding diaryl/α,β-unsaturated/α-hetero) is 1. The summed E-state index contributed by atoms with van der Waals surface area (Å²) in [5, 5.41) is 9.51. The van der Waals surface area contributed by atoms with Gasteiger partial charge in [0.05, 0.1) is 14.2 Å². The number of ketones is 1. The van der Waals surface area contributed by atoms with E-state index in [4.69, 9.17) is 14.2 Å². The number of phenols is 1. The zero-order valence-corrected chi connectivity index (χ0v) is 13.9. The van der Waals surface area contributed by atoms with E-state index in [1.807, 2.05) is 0 Å². The number of aromatic hydroxyl groups is 1. The lowest BCUT2D eigenvalue weighted by Gasteiger charge is -2.04. The fraction of sp³-hybridized carbons (Fsp3) is 0.158. The first-order valence-corrected chi connectivity index (χ1v) is 7.42. The van der Waals surface area contributed by atoms with Crippen molar-refractivity contribution in [1.29, 1.82) is 0 Å². The summed E-state index contributed by atoms with van der Waals surface area (Å²) >= 11 is 0. The molecular formula is C19H18O6. The van der Waals surface area contributed by atoms with E-state index in [0.29, 0.717) is 22.6 Å². The number of methoxy groups -OCH3 is 2. The third kappa shape index (κ3) is 5.10. The summed E-state index contributed by atoms with van der Waals surface area (Å²) in [6.45, 7) is -0.353. The van der Waals surface area contributed by atoms with E-state index in [1.165, 1.54) is 32.4 Å². The lowest BCUT2D eigenvalue weighted by atomic mass is 10.1. The topological polar surface area (TPSA) is 82.1 Å². The van der Waals surface area contributed by atoms with Crippen molar-refractivity contribution in [2.75, 3.05) is 20.8 Å². The number of carbonyl (C=O) groups excluding carboxylic acids is 2. The first kappa shape index (κ1) is 18.1. The summed E-state index contributed by atoms with van der Waals surface area (Å²) in [4.78, 5) is 23.7. The molecule has 25 heavy (non-hydrogen) atoms. The maximum absolute atomic E-state index is 12.0. The fourth-order valence-corrected chi connectivity index (χ4v) is 2.01. The van der Waals surface area contributed by atoms with Crippen LogP contribution in [0.3, 0.4) is 0 Å². The van der Waals surface area contributed by atoms with Gasteiger partial charge < -0.3 is 19.3 Å². The molecule has 0 saturated heterocycles. The normalized spacial score (nSPS) is 10.5. The van der Waals surface area contributed by atoms with E-state index in [-0.39, 0.29) is 18.1 Å². The van der Waals surface area contributed by atoms with Gasteiger partial charge in [-0.2, -0.15) is 0 Å². The zero-order valence-electron chi connectivity index (χ0n) is 13.9. The fourth-order valence-electron chi connectivity index (χ4n) is 2.01. The van der Waals surface area contributed by atoms with Crippen LogP contribution in [0.2, 0.25) is 0 Å². The van der Waals surface area contributed by atoms with E-state index < -0.39 is 5.97 Å². The Morgan fingerprint density at radius 3 is 2.40 bits per heavy atom. The number of hydrogen-bond donors (Lipinski definition) is 1. The molecule has 0 amide bonds. The van der Waals surface area contributed by atoms with E-state index in [1.54, 1.807) is 36.4 Å². The Balaban J connectivity index is 1.90. The highest BCUT2D eigenvalue weighted by atomic mass is 16.5. The number of esters is 1. The molecule has 0 aliphatic heterocycles. The molecule has 2 rings (SSSR count). The van der Waals surface area contributed by atoms with Gasteiger partial charge in [0.15, 0.2) is 23.9 Å². The van der Waals surface area contributed by atoms with Crippen molar-refractivity contribution >= 4 is 17.8 Å². The number of rotatable bonds is 7. The predicted octanol–water partition coefficient (Wildman–Crippen LogP) is 2.85. The smallest absolute Gasteiger partial charge is 0.331 e. The molecule has 0 bridgehead atoms. The Morgan fingerprint density at radius 1 is 1.04 bits per heavy atom. The predicted molar refractivity (Wildman–Crippen MR) is 92.0 cm³/mol. The van der Waals surface area contributed by atoms with Crippen molar-refractivity contribution in [3.63, 3.8) is 0 Å². The number of hydrogen-bond acceptors (Lipinski definition) is 6. The van der Waals surface area contributed by atoms with E-state index in [2.05, 4.69) is 0 Å². The summed E-state index contributed by atoms with van der Waals surface area (Å²) in [5.41, 5.74) is 1.08. The van der Waals surface area contributed by atoms with Crippen molar-refractivity contribution < 1.29 is 28.9 Å². The van der Waals surface area contributed by atoms with Crippen molar-refractivity contribution in [1.82, 2.24) is 0 Å². The largest absolute Gasteiger partial charge is 0.504 e. The standard InChI is InChI=1S/C19H18O6/c1-23-15-7-5-14(6-8-15)17(21)12-25-19(22)10-4-13-3-9-16(20)18(11-13)24-2/h3-11,20H,12H2,1-2H3. The molecule has 0 aliphatic carbocycles. The molecule has 6 nitrogen and oxygen atoms in total. The van der Waals surface area contributed by atoms with Crippen molar-refractivity contribution in [3.05, 3.63) is 59.7 Å². The van der Waals surface area contributed by atoms with Crippen LogP contribution in [0.1, 0.15) is 15.9 Å². The van der Waals surface area contributed by atoms with Crippen LogP contribution < -0.4 is 9.47 Å². The van der Waals surface area contributed by atoms with Crippen LogP contribution in [0.5, 0.6) is 17.2 Å². The zero-order chi connectivity index (χ0) is 18.2. The highest BCUT2D eigenvalue weighted by Crippen LogP contribution is 2.26. The molecule has 130 valence electrons. The maximum Gasteiger partial charge on any atom is 0.331 e. The van der Waals surface area contributed by atoms with Crippen molar-refractivity contribution in [3.8, 4) is 17.2 Å². The Kier molecular flexibility index (Phi) is 6.17. The molecule has 0 atom stereocenters. The highest BCUT2D eigenvalue weighted by molar-refractivity contribution is 5.99. The minimum absolute atomic E-state index is 0.00677. The first-order valence-electron chi connectivity index (χ1n) is 7.42. The summed E-state index contributed by atoms with van der Waals surface area (Å²) in [6.07, 6.45) is 2.70. The van der Waals surface area contributed by atoms with E-state index in [9.17, 15) is 14.7 Å². The Morgan fingerprint density at radius 2 is 1.76 bits per heavy atom.